The molecule has 1 N–H and O–H groups in total. The van der Waals surface area contributed by atoms with Crippen LogP contribution < -0.4 is 10.9 Å². The number of nitrogens with one attached hydrogen (secondary N) is 1. The van der Waals surface area contributed by atoms with E-state index in [1.807, 2.05) is 18.2 Å². The zero-order chi connectivity index (χ0) is 22.9. The summed E-state index contributed by atoms with van der Waals surface area (Å²) in [6, 6.07) is 8.90. The first kappa shape index (κ1) is 21.8. The van der Waals surface area contributed by atoms with Gasteiger partial charge in [-0.05, 0) is 60.7 Å². The molecule has 1 aromatic heterocycles. The summed E-state index contributed by atoms with van der Waals surface area (Å²) >= 11 is 0. The highest BCUT2D eigenvalue weighted by atomic mass is 19.4. The van der Waals surface area contributed by atoms with Gasteiger partial charge in [0, 0.05) is 25.1 Å². The predicted molar refractivity (Wildman–Crippen MR) is 117 cm³/mol. The average Bonchev–Trinajstić information content (AvgIpc) is 3.21. The topological polar surface area (TPSA) is 64.0 Å². The first-order valence-corrected chi connectivity index (χ1v) is 10.4. The highest BCUT2D eigenvalue weighted by Gasteiger charge is 2.31. The third kappa shape index (κ3) is 4.44. The van der Waals surface area contributed by atoms with Gasteiger partial charge in [0.2, 0.25) is 5.91 Å². The number of nitrogens with zero attached hydrogens (tertiary/aromatic N) is 2. The Morgan fingerprint density at radius 3 is 2.69 bits per heavy atom. The third-order valence-electron chi connectivity index (χ3n) is 5.62. The van der Waals surface area contributed by atoms with Gasteiger partial charge in [-0.2, -0.15) is 13.2 Å². The van der Waals surface area contributed by atoms with Crippen LogP contribution in [0.5, 0.6) is 0 Å². The van der Waals surface area contributed by atoms with Crippen LogP contribution in [0, 0.1) is 0 Å². The number of amides is 1. The first-order chi connectivity index (χ1) is 15.3. The Morgan fingerprint density at radius 2 is 1.94 bits per heavy atom. The number of hydrogen-bond acceptors (Lipinski definition) is 3. The van der Waals surface area contributed by atoms with E-state index < -0.39 is 17.3 Å². The van der Waals surface area contributed by atoms with Gasteiger partial charge in [-0.25, -0.2) is 4.98 Å². The fourth-order valence-corrected chi connectivity index (χ4v) is 4.05. The second-order valence-electron chi connectivity index (χ2n) is 7.85. The maximum Gasteiger partial charge on any atom is 0.416 e. The number of carbonyl (C=O) groups is 1. The second kappa shape index (κ2) is 8.61. The summed E-state index contributed by atoms with van der Waals surface area (Å²) < 4.78 is 40.7. The number of allylic oxidation sites excluding steroid dienone is 1. The number of anilines is 1. The Hall–Kier alpha value is -3.42. The van der Waals surface area contributed by atoms with Gasteiger partial charge in [-0.3, -0.25) is 9.59 Å². The first-order valence-electron chi connectivity index (χ1n) is 10.4. The lowest BCUT2D eigenvalue weighted by atomic mass is 10.1. The molecule has 3 aromatic rings. The molecule has 0 saturated heterocycles. The fourth-order valence-electron chi connectivity index (χ4n) is 4.05. The largest absolute Gasteiger partial charge is 0.416 e. The molecule has 0 fully saturated rings. The minimum absolute atomic E-state index is 0.0128. The minimum Gasteiger partial charge on any atom is -0.326 e. The highest BCUT2D eigenvalue weighted by molar-refractivity contribution is 5.91. The molecule has 0 spiro atoms. The summed E-state index contributed by atoms with van der Waals surface area (Å²) in [5, 5.41) is 2.83. The van der Waals surface area contributed by atoms with Crippen molar-refractivity contribution in [1.29, 1.82) is 0 Å². The van der Waals surface area contributed by atoms with Crippen molar-refractivity contribution in [3.8, 4) is 0 Å². The Labute approximate surface area is 182 Å². The van der Waals surface area contributed by atoms with Crippen LogP contribution in [0.1, 0.15) is 35.2 Å². The van der Waals surface area contributed by atoms with Crippen molar-refractivity contribution in [3.63, 3.8) is 0 Å². The molecule has 0 radical (unpaired) electrons. The second-order valence-corrected chi connectivity index (χ2v) is 7.85. The van der Waals surface area contributed by atoms with Crippen molar-refractivity contribution in [2.24, 2.45) is 0 Å². The van der Waals surface area contributed by atoms with E-state index in [1.54, 1.807) is 0 Å². The van der Waals surface area contributed by atoms with E-state index in [0.717, 1.165) is 31.4 Å². The Bertz CT molecular complexity index is 1260. The number of halogens is 3. The van der Waals surface area contributed by atoms with E-state index in [4.69, 9.17) is 0 Å². The van der Waals surface area contributed by atoms with Crippen LogP contribution in [0.4, 0.5) is 18.9 Å². The van der Waals surface area contributed by atoms with Crippen LogP contribution in [-0.4, -0.2) is 15.5 Å². The van der Waals surface area contributed by atoms with Gasteiger partial charge < -0.3 is 9.88 Å². The van der Waals surface area contributed by atoms with Crippen LogP contribution in [0.2, 0.25) is 0 Å². The fraction of sp³-hybridized carbons (Fsp3) is 0.292. The van der Waals surface area contributed by atoms with Gasteiger partial charge in [0.05, 0.1) is 16.6 Å². The van der Waals surface area contributed by atoms with Crippen molar-refractivity contribution < 1.29 is 18.0 Å². The number of aryl methyl sites for hydroxylation is 3. The summed E-state index contributed by atoms with van der Waals surface area (Å²) in [5.41, 5.74) is 2.31. The van der Waals surface area contributed by atoms with Crippen molar-refractivity contribution in [2.75, 3.05) is 5.32 Å². The number of alkyl halides is 3. The maximum atomic E-state index is 13.1. The van der Waals surface area contributed by atoms with E-state index in [1.165, 1.54) is 27.8 Å². The highest BCUT2D eigenvalue weighted by Crippen LogP contribution is 2.31. The molecule has 0 unspecified atom stereocenters. The van der Waals surface area contributed by atoms with Crippen LogP contribution in [-0.2, 0) is 36.8 Å². The quantitative estimate of drug-likeness (QED) is 0.566. The number of rotatable bonds is 6. The number of fused-ring (bicyclic) bond motifs is 2. The van der Waals surface area contributed by atoms with Gasteiger partial charge in [0.25, 0.3) is 5.56 Å². The molecule has 1 amide bonds. The van der Waals surface area contributed by atoms with E-state index in [2.05, 4.69) is 16.9 Å². The molecule has 1 heterocycles. The molecule has 0 saturated carbocycles. The maximum absolute atomic E-state index is 13.1. The molecule has 1 aliphatic rings. The lowest BCUT2D eigenvalue weighted by Crippen LogP contribution is -2.26. The third-order valence-corrected chi connectivity index (χ3v) is 5.62. The minimum atomic E-state index is -4.52. The van der Waals surface area contributed by atoms with Gasteiger partial charge in [0.1, 0.15) is 5.69 Å². The van der Waals surface area contributed by atoms with Gasteiger partial charge >= 0.3 is 6.18 Å². The predicted octanol–water partition coefficient (Wildman–Crippen LogP) is 4.66. The monoisotopic (exact) mass is 441 g/mol. The lowest BCUT2D eigenvalue weighted by Gasteiger charge is -2.13. The van der Waals surface area contributed by atoms with Crippen molar-refractivity contribution in [2.45, 2.75) is 44.8 Å². The molecular formula is C24H22F3N3O2. The summed E-state index contributed by atoms with van der Waals surface area (Å²) in [5.74, 6) is -0.288. The average molecular weight is 441 g/mol. The van der Waals surface area contributed by atoms with E-state index in [-0.39, 0.29) is 42.0 Å². The molecule has 0 atom stereocenters. The Balaban J connectivity index is 1.57. The van der Waals surface area contributed by atoms with Crippen LogP contribution in [0.3, 0.4) is 0 Å². The van der Waals surface area contributed by atoms with E-state index in [0.29, 0.717) is 5.69 Å². The normalized spacial score (nSPS) is 13.2. The number of hydrogen-bond donors (Lipinski definition) is 1. The molecule has 166 valence electrons. The molecule has 0 aliphatic heterocycles. The van der Waals surface area contributed by atoms with Gasteiger partial charge in [0.15, 0.2) is 0 Å². The summed E-state index contributed by atoms with van der Waals surface area (Å²) in [6.07, 6.45) is 0.102. The summed E-state index contributed by atoms with van der Waals surface area (Å²) in [4.78, 5) is 29.5. The smallest absolute Gasteiger partial charge is 0.326 e. The molecule has 4 rings (SSSR count). The van der Waals surface area contributed by atoms with Crippen molar-refractivity contribution in [3.05, 3.63) is 81.8 Å². The zero-order valence-electron chi connectivity index (χ0n) is 17.3. The number of aromatic nitrogens is 2. The zero-order valence-corrected chi connectivity index (χ0v) is 17.3. The molecular weight excluding hydrogens is 419 g/mol. The number of carbonyl (C=O) groups excluding carboxylic acids is 1. The molecule has 5 nitrogen and oxygen atoms in total. The Kier molecular flexibility index (Phi) is 5.86. The standard InChI is InChI=1S/C24H22F3N3O2/c1-2-12-30-21-10-7-17(24(25,26)27)14-20(21)29-19(23(30)32)9-11-22(31)28-18-8-6-15-4-3-5-16(15)13-18/h2,6-8,10,13-14H,1,3-5,9,11-12H2,(H,28,31). The van der Waals surface area contributed by atoms with Gasteiger partial charge in [-0.1, -0.05) is 12.1 Å². The summed E-state index contributed by atoms with van der Waals surface area (Å²) in [7, 11) is 0. The molecule has 32 heavy (non-hydrogen) atoms. The van der Waals surface area contributed by atoms with Crippen LogP contribution in [0.25, 0.3) is 11.0 Å². The van der Waals surface area contributed by atoms with E-state index in [9.17, 15) is 22.8 Å². The molecule has 0 bridgehead atoms. The van der Waals surface area contributed by atoms with Crippen LogP contribution in [0.15, 0.2) is 53.8 Å². The van der Waals surface area contributed by atoms with Crippen LogP contribution >= 0.6 is 0 Å². The molecule has 8 heteroatoms. The Morgan fingerprint density at radius 1 is 1.16 bits per heavy atom. The SMILES string of the molecule is C=CCn1c(=O)c(CCC(=O)Nc2ccc3c(c2)CCC3)nc2cc(C(F)(F)F)ccc21. The van der Waals surface area contributed by atoms with Crippen molar-refractivity contribution >= 4 is 22.6 Å². The molecule has 2 aromatic carbocycles. The van der Waals surface area contributed by atoms with E-state index >= 15 is 0 Å². The van der Waals surface area contributed by atoms with Crippen molar-refractivity contribution in [1.82, 2.24) is 9.55 Å². The number of benzene rings is 2. The molecule has 1 aliphatic carbocycles. The van der Waals surface area contributed by atoms with Gasteiger partial charge in [-0.15, -0.1) is 6.58 Å². The lowest BCUT2D eigenvalue weighted by molar-refractivity contribution is -0.137. The summed E-state index contributed by atoms with van der Waals surface area (Å²) in [6.45, 7) is 3.73.